The normalized spacial score (nSPS) is 14.1. The Morgan fingerprint density at radius 2 is 1.48 bits per heavy atom. The van der Waals surface area contributed by atoms with Gasteiger partial charge in [0.25, 0.3) is 5.91 Å². The SMILES string of the molecule is Cc1ccc(C(=O)N2CCN(C(=O)Cc3ccccc3C(=O)O)CC2)cc1. The van der Waals surface area contributed by atoms with Gasteiger partial charge in [0.05, 0.1) is 12.0 Å². The molecule has 1 heterocycles. The van der Waals surface area contributed by atoms with Gasteiger partial charge in [0.1, 0.15) is 0 Å². The average Bonchev–Trinajstić information content (AvgIpc) is 2.68. The number of amides is 2. The number of hydrogen-bond donors (Lipinski definition) is 1. The molecule has 0 aliphatic carbocycles. The number of piperazine rings is 1. The zero-order valence-electron chi connectivity index (χ0n) is 15.2. The van der Waals surface area contributed by atoms with E-state index < -0.39 is 5.97 Å². The third kappa shape index (κ3) is 4.34. The summed E-state index contributed by atoms with van der Waals surface area (Å²) in [6, 6.07) is 14.0. The van der Waals surface area contributed by atoms with E-state index in [4.69, 9.17) is 0 Å². The Labute approximate surface area is 158 Å². The summed E-state index contributed by atoms with van der Waals surface area (Å²) in [7, 11) is 0. The summed E-state index contributed by atoms with van der Waals surface area (Å²) in [5.74, 6) is -1.18. The number of aromatic carboxylic acids is 1. The van der Waals surface area contributed by atoms with E-state index in [2.05, 4.69) is 0 Å². The van der Waals surface area contributed by atoms with Gasteiger partial charge >= 0.3 is 5.97 Å². The second-order valence-corrected chi connectivity index (χ2v) is 6.68. The van der Waals surface area contributed by atoms with Crippen LogP contribution in [0.2, 0.25) is 0 Å². The van der Waals surface area contributed by atoms with Crippen molar-refractivity contribution in [3.8, 4) is 0 Å². The molecule has 2 amide bonds. The van der Waals surface area contributed by atoms with Crippen molar-refractivity contribution in [3.63, 3.8) is 0 Å². The molecular weight excluding hydrogens is 344 g/mol. The van der Waals surface area contributed by atoms with Gasteiger partial charge < -0.3 is 14.9 Å². The van der Waals surface area contributed by atoms with E-state index in [1.54, 1.807) is 28.0 Å². The number of benzene rings is 2. The molecule has 1 N–H and O–H groups in total. The zero-order valence-corrected chi connectivity index (χ0v) is 15.2. The second kappa shape index (κ2) is 8.03. The van der Waals surface area contributed by atoms with Gasteiger partial charge in [-0.2, -0.15) is 0 Å². The first-order chi connectivity index (χ1) is 13.0. The molecule has 0 spiro atoms. The number of carboxylic acids is 1. The first kappa shape index (κ1) is 18.6. The summed E-state index contributed by atoms with van der Waals surface area (Å²) >= 11 is 0. The van der Waals surface area contributed by atoms with Gasteiger partial charge in [-0.3, -0.25) is 9.59 Å². The highest BCUT2D eigenvalue weighted by atomic mass is 16.4. The molecule has 140 valence electrons. The van der Waals surface area contributed by atoms with Crippen LogP contribution in [0.5, 0.6) is 0 Å². The number of carbonyl (C=O) groups is 3. The van der Waals surface area contributed by atoms with Crippen LogP contribution in [0.1, 0.15) is 31.8 Å². The molecular formula is C21H22N2O4. The van der Waals surface area contributed by atoms with Crippen LogP contribution in [0.3, 0.4) is 0 Å². The van der Waals surface area contributed by atoms with Crippen molar-refractivity contribution in [2.45, 2.75) is 13.3 Å². The molecule has 2 aromatic carbocycles. The van der Waals surface area contributed by atoms with Gasteiger partial charge in [-0.1, -0.05) is 35.9 Å². The Morgan fingerprint density at radius 1 is 0.889 bits per heavy atom. The van der Waals surface area contributed by atoms with Crippen LogP contribution in [0, 0.1) is 6.92 Å². The maximum atomic E-state index is 12.6. The van der Waals surface area contributed by atoms with Gasteiger partial charge in [0.2, 0.25) is 5.91 Å². The van der Waals surface area contributed by atoms with E-state index in [1.807, 2.05) is 31.2 Å². The largest absolute Gasteiger partial charge is 0.478 e. The highest BCUT2D eigenvalue weighted by Crippen LogP contribution is 2.14. The van der Waals surface area contributed by atoms with Crippen LogP contribution in [0.4, 0.5) is 0 Å². The number of hydrogen-bond acceptors (Lipinski definition) is 3. The van der Waals surface area contributed by atoms with Crippen LogP contribution in [0.15, 0.2) is 48.5 Å². The van der Waals surface area contributed by atoms with Crippen LogP contribution in [-0.2, 0) is 11.2 Å². The van der Waals surface area contributed by atoms with Gasteiger partial charge in [-0.05, 0) is 30.7 Å². The van der Waals surface area contributed by atoms with E-state index in [9.17, 15) is 19.5 Å². The Morgan fingerprint density at radius 3 is 2.11 bits per heavy atom. The van der Waals surface area contributed by atoms with E-state index in [1.165, 1.54) is 6.07 Å². The maximum Gasteiger partial charge on any atom is 0.335 e. The third-order valence-electron chi connectivity index (χ3n) is 4.81. The highest BCUT2D eigenvalue weighted by molar-refractivity contribution is 5.94. The first-order valence-corrected chi connectivity index (χ1v) is 8.90. The number of aryl methyl sites for hydroxylation is 1. The number of nitrogens with zero attached hydrogens (tertiary/aromatic N) is 2. The van der Waals surface area contributed by atoms with Crippen molar-refractivity contribution in [3.05, 3.63) is 70.8 Å². The van der Waals surface area contributed by atoms with E-state index >= 15 is 0 Å². The van der Waals surface area contributed by atoms with Crippen molar-refractivity contribution < 1.29 is 19.5 Å². The summed E-state index contributed by atoms with van der Waals surface area (Å²) in [4.78, 5) is 39.8. The standard InChI is InChI=1S/C21H22N2O4/c1-15-6-8-16(9-7-15)20(25)23-12-10-22(11-13-23)19(24)14-17-4-2-3-5-18(17)21(26)27/h2-9H,10-14H2,1H3,(H,26,27). The quantitative estimate of drug-likeness (QED) is 0.900. The van der Waals surface area contributed by atoms with Gasteiger partial charge in [-0.15, -0.1) is 0 Å². The number of carbonyl (C=O) groups excluding carboxylic acids is 2. The summed E-state index contributed by atoms with van der Waals surface area (Å²) in [6.45, 7) is 3.82. The summed E-state index contributed by atoms with van der Waals surface area (Å²) in [6.07, 6.45) is 0.0500. The molecule has 1 fully saturated rings. The molecule has 0 bridgehead atoms. The molecule has 0 radical (unpaired) electrons. The lowest BCUT2D eigenvalue weighted by molar-refractivity contribution is -0.131. The lowest BCUT2D eigenvalue weighted by Crippen LogP contribution is -2.51. The van der Waals surface area contributed by atoms with Crippen LogP contribution >= 0.6 is 0 Å². The molecule has 0 atom stereocenters. The van der Waals surface area contributed by atoms with Crippen molar-refractivity contribution in [2.24, 2.45) is 0 Å². The Balaban J connectivity index is 1.59. The lowest BCUT2D eigenvalue weighted by atomic mass is 10.0. The molecule has 1 aliphatic rings. The fraction of sp³-hybridized carbons (Fsp3) is 0.286. The fourth-order valence-electron chi connectivity index (χ4n) is 3.20. The van der Waals surface area contributed by atoms with Crippen molar-refractivity contribution >= 4 is 17.8 Å². The van der Waals surface area contributed by atoms with E-state index in [-0.39, 0.29) is 23.8 Å². The summed E-state index contributed by atoms with van der Waals surface area (Å²) in [5.41, 5.74) is 2.41. The van der Waals surface area contributed by atoms with Crippen molar-refractivity contribution in [1.29, 1.82) is 0 Å². The predicted octanol–water partition coefficient (Wildman–Crippen LogP) is 2.22. The van der Waals surface area contributed by atoms with Gasteiger partial charge in [0.15, 0.2) is 0 Å². The Hall–Kier alpha value is -3.15. The topological polar surface area (TPSA) is 77.9 Å². The minimum Gasteiger partial charge on any atom is -0.478 e. The molecule has 3 rings (SSSR count). The smallest absolute Gasteiger partial charge is 0.335 e. The zero-order chi connectivity index (χ0) is 19.4. The first-order valence-electron chi connectivity index (χ1n) is 8.90. The molecule has 2 aromatic rings. The minimum atomic E-state index is -1.04. The maximum absolute atomic E-state index is 12.6. The molecule has 0 aromatic heterocycles. The monoisotopic (exact) mass is 366 g/mol. The molecule has 0 saturated carbocycles. The average molecular weight is 366 g/mol. The van der Waals surface area contributed by atoms with Crippen LogP contribution in [0.25, 0.3) is 0 Å². The molecule has 6 nitrogen and oxygen atoms in total. The Bertz CT molecular complexity index is 853. The number of rotatable bonds is 4. The van der Waals surface area contributed by atoms with E-state index in [0.717, 1.165) is 5.56 Å². The minimum absolute atomic E-state index is 0.0293. The lowest BCUT2D eigenvalue weighted by Gasteiger charge is -2.35. The highest BCUT2D eigenvalue weighted by Gasteiger charge is 2.25. The van der Waals surface area contributed by atoms with Crippen molar-refractivity contribution in [1.82, 2.24) is 9.80 Å². The predicted molar refractivity (Wildman–Crippen MR) is 101 cm³/mol. The molecule has 1 saturated heterocycles. The molecule has 0 unspecified atom stereocenters. The number of carboxylic acid groups (broad SMARTS) is 1. The summed E-state index contributed by atoms with van der Waals surface area (Å²) in [5, 5.41) is 9.24. The second-order valence-electron chi connectivity index (χ2n) is 6.68. The van der Waals surface area contributed by atoms with Crippen LogP contribution < -0.4 is 0 Å². The Kier molecular flexibility index (Phi) is 5.54. The molecule has 27 heavy (non-hydrogen) atoms. The molecule has 6 heteroatoms. The van der Waals surface area contributed by atoms with Gasteiger partial charge in [0, 0.05) is 31.7 Å². The fourth-order valence-corrected chi connectivity index (χ4v) is 3.20. The van der Waals surface area contributed by atoms with Crippen molar-refractivity contribution in [2.75, 3.05) is 26.2 Å². The molecule has 1 aliphatic heterocycles. The van der Waals surface area contributed by atoms with Crippen LogP contribution in [-0.4, -0.2) is 58.9 Å². The van der Waals surface area contributed by atoms with Gasteiger partial charge in [-0.25, -0.2) is 4.79 Å². The summed E-state index contributed by atoms with van der Waals surface area (Å²) < 4.78 is 0. The van der Waals surface area contributed by atoms with E-state index in [0.29, 0.717) is 37.3 Å². The third-order valence-corrected chi connectivity index (χ3v) is 4.81.